The molecule has 0 radical (unpaired) electrons. The third-order valence-electron chi connectivity index (χ3n) is 3.15. The van der Waals surface area contributed by atoms with Gasteiger partial charge in [0.15, 0.2) is 0 Å². The first-order valence-electron chi connectivity index (χ1n) is 4.40. The lowest BCUT2D eigenvalue weighted by atomic mass is 9.95. The third-order valence-corrected chi connectivity index (χ3v) is 3.15. The zero-order chi connectivity index (χ0) is 8.77. The van der Waals surface area contributed by atoms with Crippen molar-refractivity contribution < 1.29 is 8.78 Å². The molecule has 2 rings (SSSR count). The second-order valence-corrected chi connectivity index (χ2v) is 4.06. The minimum atomic E-state index is -1.45. The number of fused-ring (bicyclic) bond motifs is 1. The van der Waals surface area contributed by atoms with Gasteiger partial charge in [0.1, 0.15) is 0 Å². The topological polar surface area (TPSA) is 3.24 Å². The maximum atomic E-state index is 12.3. The Hall–Kier alpha value is -0.440. The van der Waals surface area contributed by atoms with Gasteiger partial charge in [0.2, 0.25) is 0 Å². The monoisotopic (exact) mass is 173 g/mol. The zero-order valence-corrected chi connectivity index (χ0v) is 7.24. The molecule has 0 aromatic rings. The van der Waals surface area contributed by atoms with Crippen LogP contribution in [0.1, 0.15) is 26.2 Å². The van der Waals surface area contributed by atoms with Crippen molar-refractivity contribution in [3.05, 3.63) is 11.7 Å². The quantitative estimate of drug-likeness (QED) is 0.543. The average Bonchev–Trinajstić information content (AvgIpc) is 2.41. The van der Waals surface area contributed by atoms with Crippen molar-refractivity contribution in [3.63, 3.8) is 0 Å². The molecule has 0 aromatic carbocycles. The molecule has 3 heteroatoms. The Bertz CT molecular complexity index is 233. The lowest BCUT2D eigenvalue weighted by Gasteiger charge is -2.25. The smallest absolute Gasteiger partial charge is 0.270 e. The Morgan fingerprint density at radius 3 is 2.83 bits per heavy atom. The second kappa shape index (κ2) is 2.52. The van der Waals surface area contributed by atoms with Gasteiger partial charge in [-0.05, 0) is 32.7 Å². The number of hydrogen-bond donors (Lipinski definition) is 0. The van der Waals surface area contributed by atoms with Gasteiger partial charge in [0.25, 0.3) is 6.08 Å². The van der Waals surface area contributed by atoms with E-state index in [-0.39, 0.29) is 5.54 Å². The predicted molar refractivity (Wildman–Crippen MR) is 43.1 cm³/mol. The van der Waals surface area contributed by atoms with Crippen LogP contribution in [0, 0.1) is 0 Å². The van der Waals surface area contributed by atoms with Gasteiger partial charge in [-0.3, -0.25) is 4.90 Å². The molecule has 0 aromatic heterocycles. The Labute approximate surface area is 71.0 Å². The summed E-state index contributed by atoms with van der Waals surface area (Å²) >= 11 is 0. The van der Waals surface area contributed by atoms with E-state index < -0.39 is 6.08 Å². The van der Waals surface area contributed by atoms with E-state index in [1.54, 1.807) is 0 Å². The Morgan fingerprint density at radius 1 is 1.50 bits per heavy atom. The summed E-state index contributed by atoms with van der Waals surface area (Å²) in [4.78, 5) is 2.18. The molecular weight excluding hydrogens is 160 g/mol. The van der Waals surface area contributed by atoms with E-state index in [4.69, 9.17) is 0 Å². The molecule has 0 N–H and O–H groups in total. The molecule has 2 fully saturated rings. The molecule has 1 atom stereocenters. The van der Waals surface area contributed by atoms with Crippen molar-refractivity contribution in [1.29, 1.82) is 0 Å². The molecular formula is C9H13F2N. The molecule has 12 heavy (non-hydrogen) atoms. The van der Waals surface area contributed by atoms with E-state index >= 15 is 0 Å². The molecule has 2 heterocycles. The minimum absolute atomic E-state index is 0.0543. The van der Waals surface area contributed by atoms with Crippen LogP contribution in [0.2, 0.25) is 0 Å². The molecule has 0 aliphatic carbocycles. The normalized spacial score (nSPS) is 35.8. The fraction of sp³-hybridized carbons (Fsp3) is 0.778. The number of nitrogens with zero attached hydrogens (tertiary/aromatic N) is 1. The number of hydrogen-bond acceptors (Lipinski definition) is 1. The summed E-state index contributed by atoms with van der Waals surface area (Å²) in [6.45, 7) is 3.59. The first-order valence-corrected chi connectivity index (χ1v) is 4.40. The van der Waals surface area contributed by atoms with Gasteiger partial charge in [-0.25, -0.2) is 0 Å². The van der Waals surface area contributed by atoms with Crippen molar-refractivity contribution in [2.24, 2.45) is 0 Å². The lowest BCUT2D eigenvalue weighted by Crippen LogP contribution is -2.34. The summed E-state index contributed by atoms with van der Waals surface area (Å²) < 4.78 is 24.5. The summed E-state index contributed by atoms with van der Waals surface area (Å²) in [5.41, 5.74) is 0.413. The van der Waals surface area contributed by atoms with Gasteiger partial charge in [-0.1, -0.05) is 0 Å². The predicted octanol–water partition coefficient (Wildman–Crippen LogP) is 2.40. The number of halogens is 2. The Morgan fingerprint density at radius 2 is 2.25 bits per heavy atom. The van der Waals surface area contributed by atoms with Crippen molar-refractivity contribution in [1.82, 2.24) is 4.90 Å². The van der Waals surface area contributed by atoms with Gasteiger partial charge < -0.3 is 0 Å². The van der Waals surface area contributed by atoms with Gasteiger partial charge in [-0.2, -0.15) is 8.78 Å². The van der Waals surface area contributed by atoms with E-state index in [0.717, 1.165) is 19.4 Å². The van der Waals surface area contributed by atoms with Crippen LogP contribution in [0.4, 0.5) is 8.78 Å². The first-order chi connectivity index (χ1) is 5.62. The van der Waals surface area contributed by atoms with E-state index in [2.05, 4.69) is 11.8 Å². The molecule has 0 amide bonds. The largest absolute Gasteiger partial charge is 0.293 e. The van der Waals surface area contributed by atoms with E-state index in [1.807, 2.05) is 0 Å². The van der Waals surface area contributed by atoms with Crippen LogP contribution in [0.15, 0.2) is 11.7 Å². The third kappa shape index (κ3) is 1.07. The van der Waals surface area contributed by atoms with Crippen LogP contribution in [0.25, 0.3) is 0 Å². The highest BCUT2D eigenvalue weighted by molar-refractivity contribution is 5.19. The van der Waals surface area contributed by atoms with E-state index in [1.165, 1.54) is 0 Å². The SMILES string of the molecule is C[C@]12CCCN1CC(=C(F)F)C2. The summed E-state index contributed by atoms with van der Waals surface area (Å²) in [6, 6.07) is 0. The van der Waals surface area contributed by atoms with Crippen molar-refractivity contribution >= 4 is 0 Å². The molecule has 0 saturated carbocycles. The Balaban J connectivity index is 2.22. The van der Waals surface area contributed by atoms with Crippen molar-refractivity contribution in [2.75, 3.05) is 13.1 Å². The molecule has 2 aliphatic rings. The zero-order valence-electron chi connectivity index (χ0n) is 7.24. The van der Waals surface area contributed by atoms with Crippen LogP contribution < -0.4 is 0 Å². The summed E-state index contributed by atoms with van der Waals surface area (Å²) in [6.07, 6.45) is 1.36. The van der Waals surface area contributed by atoms with Crippen LogP contribution in [0.3, 0.4) is 0 Å². The first kappa shape index (κ1) is 8.17. The highest BCUT2D eigenvalue weighted by atomic mass is 19.3. The van der Waals surface area contributed by atoms with Crippen molar-refractivity contribution in [2.45, 2.75) is 31.7 Å². The molecule has 0 bridgehead atoms. The minimum Gasteiger partial charge on any atom is -0.293 e. The average molecular weight is 173 g/mol. The van der Waals surface area contributed by atoms with E-state index in [9.17, 15) is 8.78 Å². The van der Waals surface area contributed by atoms with Crippen LogP contribution in [-0.4, -0.2) is 23.5 Å². The van der Waals surface area contributed by atoms with Gasteiger partial charge in [0.05, 0.1) is 0 Å². The molecule has 2 aliphatic heterocycles. The summed E-state index contributed by atoms with van der Waals surface area (Å²) in [5.74, 6) is 0. The molecule has 1 nitrogen and oxygen atoms in total. The highest BCUT2D eigenvalue weighted by Crippen LogP contribution is 2.41. The second-order valence-electron chi connectivity index (χ2n) is 4.06. The maximum absolute atomic E-state index is 12.3. The number of rotatable bonds is 0. The fourth-order valence-electron chi connectivity index (χ4n) is 2.42. The fourth-order valence-corrected chi connectivity index (χ4v) is 2.42. The lowest BCUT2D eigenvalue weighted by molar-refractivity contribution is 0.218. The van der Waals surface area contributed by atoms with Gasteiger partial charge >= 0.3 is 0 Å². The Kier molecular flexibility index (Phi) is 1.72. The van der Waals surface area contributed by atoms with E-state index in [0.29, 0.717) is 18.5 Å². The standard InChI is InChI=1S/C9H13F2N/c1-9-3-2-4-12(9)6-7(5-9)8(10)11/h2-6H2,1H3/t9-/m1/s1. The maximum Gasteiger partial charge on any atom is 0.270 e. The van der Waals surface area contributed by atoms with Crippen LogP contribution >= 0.6 is 0 Å². The summed E-state index contributed by atoms with van der Waals surface area (Å²) in [7, 11) is 0. The van der Waals surface area contributed by atoms with Crippen molar-refractivity contribution in [3.8, 4) is 0 Å². The summed E-state index contributed by atoms with van der Waals surface area (Å²) in [5, 5.41) is 0. The highest BCUT2D eigenvalue weighted by Gasteiger charge is 2.43. The molecule has 2 saturated heterocycles. The molecule has 0 spiro atoms. The van der Waals surface area contributed by atoms with Crippen LogP contribution in [0.5, 0.6) is 0 Å². The van der Waals surface area contributed by atoms with Crippen LogP contribution in [-0.2, 0) is 0 Å². The van der Waals surface area contributed by atoms with Gasteiger partial charge in [0, 0.05) is 17.7 Å². The molecule has 0 unspecified atom stereocenters. The molecule has 68 valence electrons. The van der Waals surface area contributed by atoms with Gasteiger partial charge in [-0.15, -0.1) is 0 Å².